The average molecular weight is 312 g/mol. The summed E-state index contributed by atoms with van der Waals surface area (Å²) in [5, 5.41) is 9.34. The number of nitrogens with zero attached hydrogens (tertiary/aromatic N) is 1. The van der Waals surface area contributed by atoms with Gasteiger partial charge in [-0.25, -0.2) is 4.79 Å². The van der Waals surface area contributed by atoms with Gasteiger partial charge in [-0.15, -0.1) is 0 Å². The maximum absolute atomic E-state index is 11.4. The minimum absolute atomic E-state index is 0.382. The Morgan fingerprint density at radius 2 is 2.17 bits per heavy atom. The standard InChI is InChI=1S/C14H18BrNO2/c1-10-4-3-8-16(9-7-10)12-6-2-5-11(15)13(12)14(17)18/h2,5-6,10H,3-4,7-9H2,1H3,(H,17,18). The molecule has 1 aliphatic rings. The Labute approximate surface area is 116 Å². The number of anilines is 1. The van der Waals surface area contributed by atoms with E-state index in [0.29, 0.717) is 10.0 Å². The number of carboxylic acids is 1. The van der Waals surface area contributed by atoms with Crippen LogP contribution in [0.15, 0.2) is 22.7 Å². The Morgan fingerprint density at radius 1 is 1.39 bits per heavy atom. The zero-order valence-corrected chi connectivity index (χ0v) is 12.1. The van der Waals surface area contributed by atoms with Gasteiger partial charge < -0.3 is 10.0 Å². The molecule has 1 unspecified atom stereocenters. The molecule has 3 nitrogen and oxygen atoms in total. The average Bonchev–Trinajstić information content (AvgIpc) is 2.53. The third-order valence-corrected chi connectivity index (χ3v) is 4.22. The van der Waals surface area contributed by atoms with Crippen LogP contribution in [0, 0.1) is 5.92 Å². The third-order valence-electron chi connectivity index (χ3n) is 3.56. The summed E-state index contributed by atoms with van der Waals surface area (Å²) in [7, 11) is 0. The molecule has 1 fully saturated rings. The summed E-state index contributed by atoms with van der Waals surface area (Å²) in [6.07, 6.45) is 3.49. The van der Waals surface area contributed by atoms with Crippen LogP contribution in [-0.4, -0.2) is 24.2 Å². The van der Waals surface area contributed by atoms with Crippen LogP contribution >= 0.6 is 15.9 Å². The van der Waals surface area contributed by atoms with Crippen LogP contribution in [0.5, 0.6) is 0 Å². The van der Waals surface area contributed by atoms with Crippen LogP contribution in [0.4, 0.5) is 5.69 Å². The predicted molar refractivity (Wildman–Crippen MR) is 76.3 cm³/mol. The minimum Gasteiger partial charge on any atom is -0.478 e. The van der Waals surface area contributed by atoms with E-state index < -0.39 is 5.97 Å². The van der Waals surface area contributed by atoms with Crippen molar-refractivity contribution in [3.63, 3.8) is 0 Å². The Bertz CT molecular complexity index is 447. The van der Waals surface area contributed by atoms with Crippen LogP contribution in [0.3, 0.4) is 0 Å². The van der Waals surface area contributed by atoms with Crippen LogP contribution in [0.2, 0.25) is 0 Å². The second kappa shape index (κ2) is 5.74. The number of carboxylic acid groups (broad SMARTS) is 1. The smallest absolute Gasteiger partial charge is 0.338 e. The van der Waals surface area contributed by atoms with Crippen molar-refractivity contribution in [2.75, 3.05) is 18.0 Å². The molecule has 1 aromatic rings. The van der Waals surface area contributed by atoms with E-state index in [1.54, 1.807) is 6.07 Å². The number of carbonyl (C=O) groups is 1. The van der Waals surface area contributed by atoms with Gasteiger partial charge in [0.2, 0.25) is 0 Å². The highest BCUT2D eigenvalue weighted by Crippen LogP contribution is 2.30. The summed E-state index contributed by atoms with van der Waals surface area (Å²) in [5.41, 5.74) is 1.22. The molecule has 0 aliphatic carbocycles. The van der Waals surface area contributed by atoms with Gasteiger partial charge >= 0.3 is 5.97 Å². The molecule has 1 aromatic carbocycles. The largest absolute Gasteiger partial charge is 0.478 e. The molecular weight excluding hydrogens is 294 g/mol. The lowest BCUT2D eigenvalue weighted by Gasteiger charge is -2.25. The molecule has 1 heterocycles. The normalized spacial score (nSPS) is 20.6. The molecular formula is C14H18BrNO2. The fourth-order valence-corrected chi connectivity index (χ4v) is 3.02. The van der Waals surface area contributed by atoms with Crippen LogP contribution in [0.25, 0.3) is 0 Å². The first-order valence-electron chi connectivity index (χ1n) is 6.36. The van der Waals surface area contributed by atoms with Crippen molar-refractivity contribution in [1.29, 1.82) is 0 Å². The summed E-state index contributed by atoms with van der Waals surface area (Å²) >= 11 is 3.34. The van der Waals surface area contributed by atoms with Gasteiger partial charge in [0.1, 0.15) is 0 Å². The number of hydrogen-bond donors (Lipinski definition) is 1. The molecule has 0 amide bonds. The van der Waals surface area contributed by atoms with Gasteiger partial charge in [0.05, 0.1) is 11.3 Å². The zero-order chi connectivity index (χ0) is 13.1. The van der Waals surface area contributed by atoms with Gasteiger partial charge in [0.25, 0.3) is 0 Å². The summed E-state index contributed by atoms with van der Waals surface area (Å²) in [4.78, 5) is 13.6. The molecule has 1 N–H and O–H groups in total. The third kappa shape index (κ3) is 2.86. The summed E-state index contributed by atoms with van der Waals surface area (Å²) < 4.78 is 0.657. The topological polar surface area (TPSA) is 40.5 Å². The lowest BCUT2D eigenvalue weighted by molar-refractivity contribution is 0.0696. The molecule has 2 rings (SSSR count). The monoisotopic (exact) mass is 311 g/mol. The number of halogens is 1. The van der Waals surface area contributed by atoms with Crippen molar-refractivity contribution in [2.45, 2.75) is 26.2 Å². The maximum atomic E-state index is 11.4. The predicted octanol–water partition coefficient (Wildman–Crippen LogP) is 3.77. The highest BCUT2D eigenvalue weighted by Gasteiger charge is 2.21. The van der Waals surface area contributed by atoms with Crippen LogP contribution in [-0.2, 0) is 0 Å². The van der Waals surface area contributed by atoms with Crippen molar-refractivity contribution >= 4 is 27.6 Å². The lowest BCUT2D eigenvalue weighted by atomic mass is 10.0. The van der Waals surface area contributed by atoms with Gasteiger partial charge in [-0.3, -0.25) is 0 Å². The quantitative estimate of drug-likeness (QED) is 0.903. The van der Waals surface area contributed by atoms with Crippen molar-refractivity contribution < 1.29 is 9.90 Å². The molecule has 0 saturated carbocycles. The fraction of sp³-hybridized carbons (Fsp3) is 0.500. The number of hydrogen-bond acceptors (Lipinski definition) is 2. The first-order chi connectivity index (χ1) is 8.59. The second-order valence-corrected chi connectivity index (χ2v) is 5.82. The highest BCUT2D eigenvalue weighted by molar-refractivity contribution is 9.10. The molecule has 0 radical (unpaired) electrons. The lowest BCUT2D eigenvalue weighted by Crippen LogP contribution is -2.26. The maximum Gasteiger partial charge on any atom is 0.338 e. The van der Waals surface area contributed by atoms with Crippen LogP contribution in [0.1, 0.15) is 36.5 Å². The molecule has 18 heavy (non-hydrogen) atoms. The number of benzene rings is 1. The first kappa shape index (κ1) is 13.4. The molecule has 1 saturated heterocycles. The van der Waals surface area contributed by atoms with Crippen molar-refractivity contribution in [3.8, 4) is 0 Å². The van der Waals surface area contributed by atoms with Gasteiger partial charge in [-0.05, 0) is 53.2 Å². The number of aromatic carboxylic acids is 1. The van der Waals surface area contributed by atoms with Gasteiger partial charge in [0, 0.05) is 17.6 Å². The SMILES string of the molecule is CC1CCCN(c2cccc(Br)c2C(=O)O)CC1. The summed E-state index contributed by atoms with van der Waals surface area (Å²) in [6, 6.07) is 5.60. The van der Waals surface area contributed by atoms with Gasteiger partial charge in [-0.2, -0.15) is 0 Å². The Morgan fingerprint density at radius 3 is 2.89 bits per heavy atom. The van der Waals surface area contributed by atoms with E-state index >= 15 is 0 Å². The van der Waals surface area contributed by atoms with E-state index in [4.69, 9.17) is 0 Å². The van der Waals surface area contributed by atoms with Crippen molar-refractivity contribution in [3.05, 3.63) is 28.2 Å². The van der Waals surface area contributed by atoms with Gasteiger partial charge in [-0.1, -0.05) is 13.0 Å². The molecule has 0 spiro atoms. The van der Waals surface area contributed by atoms with Gasteiger partial charge in [0.15, 0.2) is 0 Å². The first-order valence-corrected chi connectivity index (χ1v) is 7.15. The highest BCUT2D eigenvalue weighted by atomic mass is 79.9. The van der Waals surface area contributed by atoms with E-state index in [1.807, 2.05) is 12.1 Å². The summed E-state index contributed by atoms with van der Waals surface area (Å²) in [5.74, 6) is -0.134. The second-order valence-electron chi connectivity index (χ2n) is 4.96. The Hall–Kier alpha value is -1.03. The molecule has 4 heteroatoms. The molecule has 1 aliphatic heterocycles. The van der Waals surface area contributed by atoms with Crippen LogP contribution < -0.4 is 4.90 Å². The van der Waals surface area contributed by atoms with Crippen molar-refractivity contribution in [2.24, 2.45) is 5.92 Å². The van der Waals surface area contributed by atoms with E-state index in [2.05, 4.69) is 27.8 Å². The molecule has 0 aromatic heterocycles. The molecule has 1 atom stereocenters. The van der Waals surface area contributed by atoms with E-state index in [0.717, 1.165) is 37.5 Å². The van der Waals surface area contributed by atoms with E-state index in [9.17, 15) is 9.90 Å². The Balaban J connectivity index is 2.32. The summed E-state index contributed by atoms with van der Waals surface area (Å²) in [6.45, 7) is 4.15. The fourth-order valence-electron chi connectivity index (χ4n) is 2.49. The minimum atomic E-state index is -0.866. The molecule has 98 valence electrons. The zero-order valence-electron chi connectivity index (χ0n) is 10.5. The Kier molecular flexibility index (Phi) is 4.27. The van der Waals surface area contributed by atoms with E-state index in [-0.39, 0.29) is 0 Å². The number of rotatable bonds is 2. The van der Waals surface area contributed by atoms with Crippen molar-refractivity contribution in [1.82, 2.24) is 0 Å². The molecule has 0 bridgehead atoms. The van der Waals surface area contributed by atoms with E-state index in [1.165, 1.54) is 6.42 Å².